The molecule has 1 aromatic heterocycles. The summed E-state index contributed by atoms with van der Waals surface area (Å²) in [4.78, 5) is 4.21. The molecule has 1 heterocycles. The fourth-order valence-electron chi connectivity index (χ4n) is 1.98. The quantitative estimate of drug-likeness (QED) is 0.675. The lowest BCUT2D eigenvalue weighted by molar-refractivity contribution is 0.578. The summed E-state index contributed by atoms with van der Waals surface area (Å²) in [6.45, 7) is 0.268. The average Bonchev–Trinajstić information content (AvgIpc) is 2.78. The van der Waals surface area contributed by atoms with Gasteiger partial charge in [-0.3, -0.25) is 0 Å². The van der Waals surface area contributed by atoms with Crippen LogP contribution in [0.1, 0.15) is 5.56 Å². The second-order valence-electron chi connectivity index (χ2n) is 4.10. The Morgan fingerprint density at radius 2 is 1.89 bits per heavy atom. The van der Waals surface area contributed by atoms with Crippen LogP contribution in [0.5, 0.6) is 0 Å². The summed E-state index contributed by atoms with van der Waals surface area (Å²) in [6, 6.07) is 11.0. The molecule has 0 atom stereocenters. The lowest BCUT2D eigenvalue weighted by Gasteiger charge is -2.06. The summed E-state index contributed by atoms with van der Waals surface area (Å²) < 4.78 is 28.5. The Balaban J connectivity index is 2.04. The van der Waals surface area contributed by atoms with Crippen molar-refractivity contribution in [2.24, 2.45) is 0 Å². The fraction of sp³-hybridized carbons (Fsp3) is 0.0714. The first-order chi connectivity index (χ1) is 8.74. The van der Waals surface area contributed by atoms with Gasteiger partial charge in [0, 0.05) is 5.56 Å². The van der Waals surface area contributed by atoms with Gasteiger partial charge in [0.25, 0.3) is 0 Å². The van der Waals surface area contributed by atoms with Crippen LogP contribution < -0.4 is 0 Å². The van der Waals surface area contributed by atoms with Gasteiger partial charge < -0.3 is 4.57 Å². The van der Waals surface area contributed by atoms with Gasteiger partial charge in [-0.05, 0) is 30.3 Å². The Kier molecular flexibility index (Phi) is 2.55. The molecule has 0 bridgehead atoms. The zero-order chi connectivity index (χ0) is 12.5. The molecule has 0 aliphatic carbocycles. The van der Waals surface area contributed by atoms with Crippen LogP contribution in [-0.2, 0) is 6.54 Å². The number of hydrogen-bond acceptors (Lipinski definition) is 1. The van der Waals surface area contributed by atoms with Crippen molar-refractivity contribution in [1.29, 1.82) is 0 Å². The van der Waals surface area contributed by atoms with Crippen LogP contribution in [0, 0.1) is 11.6 Å². The molecular formula is C14H10F2N2. The van der Waals surface area contributed by atoms with E-state index in [1.165, 1.54) is 6.07 Å². The van der Waals surface area contributed by atoms with Crippen molar-refractivity contribution in [3.05, 3.63) is 66.0 Å². The summed E-state index contributed by atoms with van der Waals surface area (Å²) in [6.07, 6.45) is 1.63. The topological polar surface area (TPSA) is 17.8 Å². The minimum atomic E-state index is -0.434. The summed E-state index contributed by atoms with van der Waals surface area (Å²) in [5.74, 6) is -0.843. The minimum absolute atomic E-state index is 0.268. The third kappa shape index (κ3) is 1.86. The molecule has 90 valence electrons. The van der Waals surface area contributed by atoms with Gasteiger partial charge in [0.05, 0.1) is 23.9 Å². The van der Waals surface area contributed by atoms with Gasteiger partial charge in [-0.25, -0.2) is 13.8 Å². The standard InChI is InChI=1S/C14H10F2N2/c15-11-5-6-12(16)10(7-11)8-18-9-17-13-3-1-2-4-14(13)18/h1-7,9H,8H2. The van der Waals surface area contributed by atoms with Gasteiger partial charge in [-0.1, -0.05) is 12.1 Å². The number of para-hydroxylation sites is 2. The van der Waals surface area contributed by atoms with Crippen molar-refractivity contribution in [2.75, 3.05) is 0 Å². The van der Waals surface area contributed by atoms with Gasteiger partial charge in [0.1, 0.15) is 11.6 Å². The molecule has 0 saturated carbocycles. The third-order valence-electron chi connectivity index (χ3n) is 2.88. The van der Waals surface area contributed by atoms with Crippen LogP contribution >= 0.6 is 0 Å². The Morgan fingerprint density at radius 3 is 2.78 bits per heavy atom. The Bertz CT molecular complexity index is 704. The molecule has 0 amide bonds. The van der Waals surface area contributed by atoms with E-state index in [1.807, 2.05) is 24.3 Å². The normalized spacial score (nSPS) is 11.0. The largest absolute Gasteiger partial charge is 0.326 e. The molecule has 18 heavy (non-hydrogen) atoms. The van der Waals surface area contributed by atoms with Crippen molar-refractivity contribution in [3.63, 3.8) is 0 Å². The van der Waals surface area contributed by atoms with Crippen LogP contribution in [-0.4, -0.2) is 9.55 Å². The number of nitrogens with zero attached hydrogens (tertiary/aromatic N) is 2. The molecule has 0 unspecified atom stereocenters. The van der Waals surface area contributed by atoms with Crippen LogP contribution in [0.3, 0.4) is 0 Å². The predicted octanol–water partition coefficient (Wildman–Crippen LogP) is 3.36. The van der Waals surface area contributed by atoms with Crippen molar-refractivity contribution in [3.8, 4) is 0 Å². The molecule has 2 aromatic carbocycles. The zero-order valence-electron chi connectivity index (χ0n) is 9.48. The van der Waals surface area contributed by atoms with E-state index < -0.39 is 11.6 Å². The number of fused-ring (bicyclic) bond motifs is 1. The Hall–Kier alpha value is -2.23. The maximum atomic E-state index is 13.6. The minimum Gasteiger partial charge on any atom is -0.326 e. The zero-order valence-corrected chi connectivity index (χ0v) is 9.48. The smallest absolute Gasteiger partial charge is 0.128 e. The molecule has 0 radical (unpaired) electrons. The SMILES string of the molecule is Fc1ccc(F)c(Cn2cnc3ccccc32)c1. The van der Waals surface area contributed by atoms with E-state index >= 15 is 0 Å². The second-order valence-corrected chi connectivity index (χ2v) is 4.10. The molecular weight excluding hydrogens is 234 g/mol. The van der Waals surface area contributed by atoms with E-state index in [0.717, 1.165) is 23.2 Å². The van der Waals surface area contributed by atoms with Crippen molar-refractivity contribution >= 4 is 11.0 Å². The molecule has 3 rings (SSSR count). The maximum Gasteiger partial charge on any atom is 0.128 e. The molecule has 4 heteroatoms. The second kappa shape index (κ2) is 4.22. The van der Waals surface area contributed by atoms with Crippen molar-refractivity contribution < 1.29 is 8.78 Å². The molecule has 3 aromatic rings. The van der Waals surface area contributed by atoms with Gasteiger partial charge >= 0.3 is 0 Å². The van der Waals surface area contributed by atoms with Crippen molar-refractivity contribution in [1.82, 2.24) is 9.55 Å². The molecule has 0 saturated heterocycles. The van der Waals surface area contributed by atoms with E-state index in [-0.39, 0.29) is 6.54 Å². The Morgan fingerprint density at radius 1 is 1.06 bits per heavy atom. The van der Waals surface area contributed by atoms with Gasteiger partial charge in [-0.15, -0.1) is 0 Å². The van der Waals surface area contributed by atoms with E-state index in [0.29, 0.717) is 5.56 Å². The molecule has 0 aliphatic rings. The average molecular weight is 244 g/mol. The third-order valence-corrected chi connectivity index (χ3v) is 2.88. The van der Waals surface area contributed by atoms with E-state index in [9.17, 15) is 8.78 Å². The van der Waals surface area contributed by atoms with E-state index in [4.69, 9.17) is 0 Å². The predicted molar refractivity (Wildman–Crippen MR) is 65.2 cm³/mol. The molecule has 0 N–H and O–H groups in total. The fourth-order valence-corrected chi connectivity index (χ4v) is 1.98. The van der Waals surface area contributed by atoms with Gasteiger partial charge in [-0.2, -0.15) is 0 Å². The number of imidazole rings is 1. The van der Waals surface area contributed by atoms with Crippen LogP contribution in [0.2, 0.25) is 0 Å². The van der Waals surface area contributed by atoms with Crippen molar-refractivity contribution in [2.45, 2.75) is 6.54 Å². The molecule has 2 nitrogen and oxygen atoms in total. The van der Waals surface area contributed by atoms with Crippen LogP contribution in [0.15, 0.2) is 48.8 Å². The first kappa shape index (κ1) is 10.9. The first-order valence-electron chi connectivity index (χ1n) is 5.58. The van der Waals surface area contributed by atoms with Crippen LogP contribution in [0.4, 0.5) is 8.78 Å². The summed E-state index contributed by atoms with van der Waals surface area (Å²) >= 11 is 0. The molecule has 0 fully saturated rings. The highest BCUT2D eigenvalue weighted by Crippen LogP contribution is 2.16. The maximum absolute atomic E-state index is 13.6. The monoisotopic (exact) mass is 244 g/mol. The molecule has 0 spiro atoms. The number of halogens is 2. The lowest BCUT2D eigenvalue weighted by Crippen LogP contribution is -2.01. The number of aromatic nitrogens is 2. The highest BCUT2D eigenvalue weighted by molar-refractivity contribution is 5.75. The van der Waals surface area contributed by atoms with E-state index in [1.54, 1.807) is 10.9 Å². The Labute approximate surface area is 103 Å². The van der Waals surface area contributed by atoms with E-state index in [2.05, 4.69) is 4.98 Å². The highest BCUT2D eigenvalue weighted by atomic mass is 19.1. The van der Waals surface area contributed by atoms with Crippen LogP contribution in [0.25, 0.3) is 11.0 Å². The summed E-state index contributed by atoms with van der Waals surface area (Å²) in [5.41, 5.74) is 2.06. The lowest BCUT2D eigenvalue weighted by atomic mass is 10.2. The molecule has 0 aliphatic heterocycles. The van der Waals surface area contributed by atoms with Gasteiger partial charge in [0.2, 0.25) is 0 Å². The highest BCUT2D eigenvalue weighted by Gasteiger charge is 2.07. The van der Waals surface area contributed by atoms with Gasteiger partial charge in [0.15, 0.2) is 0 Å². The summed E-state index contributed by atoms with van der Waals surface area (Å²) in [5, 5.41) is 0. The first-order valence-corrected chi connectivity index (χ1v) is 5.58. The number of hydrogen-bond donors (Lipinski definition) is 0. The number of benzene rings is 2. The summed E-state index contributed by atoms with van der Waals surface area (Å²) in [7, 11) is 0. The number of rotatable bonds is 2.